The Labute approximate surface area is 203 Å². The van der Waals surface area contributed by atoms with E-state index >= 15 is 0 Å². The maximum absolute atomic E-state index is 13.0. The van der Waals surface area contributed by atoms with Gasteiger partial charge in [-0.2, -0.15) is 0 Å². The molecule has 0 spiro atoms. The number of aromatic nitrogens is 2. The predicted octanol–water partition coefficient (Wildman–Crippen LogP) is 2.33. The van der Waals surface area contributed by atoms with Crippen LogP contribution in [0, 0.1) is 6.92 Å². The molecule has 35 heavy (non-hydrogen) atoms. The van der Waals surface area contributed by atoms with Gasteiger partial charge in [0.15, 0.2) is 17.2 Å². The van der Waals surface area contributed by atoms with E-state index in [4.69, 9.17) is 14.0 Å². The molecule has 3 heterocycles. The zero-order valence-electron chi connectivity index (χ0n) is 20.1. The SMILES string of the molecule is COc1ccc(CCNC(=O)c2cccnc2N2CCN(C(=O)c3cc(C)on3)CC2)cc1OC. The molecule has 1 saturated heterocycles. The standard InChI is InChI=1S/C25H29N5O5/c1-17-15-20(28-35-17)25(32)30-13-11-29(12-14-30)23-19(5-4-9-26-23)24(31)27-10-8-18-6-7-21(33-2)22(16-18)34-3/h4-7,9,15-16H,8,10-14H2,1-3H3,(H,27,31). The molecule has 2 amide bonds. The van der Waals surface area contributed by atoms with E-state index in [1.54, 1.807) is 50.4 Å². The average molecular weight is 480 g/mol. The number of methoxy groups -OCH3 is 2. The number of carbonyl (C=O) groups is 2. The Morgan fingerprint density at radius 3 is 2.51 bits per heavy atom. The second kappa shape index (κ2) is 10.9. The number of hydrogen-bond acceptors (Lipinski definition) is 8. The van der Waals surface area contributed by atoms with Gasteiger partial charge < -0.3 is 29.1 Å². The van der Waals surface area contributed by atoms with Crippen molar-refractivity contribution < 1.29 is 23.6 Å². The van der Waals surface area contributed by atoms with E-state index in [0.717, 1.165) is 5.56 Å². The van der Waals surface area contributed by atoms with Gasteiger partial charge in [0.1, 0.15) is 11.6 Å². The Kier molecular flexibility index (Phi) is 7.49. The molecule has 1 aliphatic heterocycles. The summed E-state index contributed by atoms with van der Waals surface area (Å²) >= 11 is 0. The number of nitrogens with one attached hydrogen (secondary N) is 1. The number of aryl methyl sites for hydroxylation is 1. The fourth-order valence-electron chi connectivity index (χ4n) is 4.03. The Balaban J connectivity index is 1.35. The number of carbonyl (C=O) groups excluding carboxylic acids is 2. The molecule has 1 aromatic carbocycles. The van der Waals surface area contributed by atoms with Crippen molar-refractivity contribution in [3.05, 3.63) is 65.2 Å². The van der Waals surface area contributed by atoms with Crippen LogP contribution in [0.25, 0.3) is 0 Å². The van der Waals surface area contributed by atoms with E-state index in [0.29, 0.717) is 73.5 Å². The van der Waals surface area contributed by atoms with Gasteiger partial charge in [-0.3, -0.25) is 9.59 Å². The first-order valence-electron chi connectivity index (χ1n) is 11.4. The molecule has 2 aromatic heterocycles. The monoisotopic (exact) mass is 479 g/mol. The summed E-state index contributed by atoms with van der Waals surface area (Å²) in [4.78, 5) is 33.8. The van der Waals surface area contributed by atoms with Gasteiger partial charge >= 0.3 is 0 Å². The van der Waals surface area contributed by atoms with Gasteiger partial charge in [-0.1, -0.05) is 11.2 Å². The Bertz CT molecular complexity index is 1190. The van der Waals surface area contributed by atoms with Crippen molar-refractivity contribution in [2.24, 2.45) is 0 Å². The summed E-state index contributed by atoms with van der Waals surface area (Å²) in [5, 5.41) is 6.80. The van der Waals surface area contributed by atoms with Gasteiger partial charge in [-0.05, 0) is 43.2 Å². The van der Waals surface area contributed by atoms with Crippen LogP contribution in [0.3, 0.4) is 0 Å². The van der Waals surface area contributed by atoms with Crippen LogP contribution in [0.2, 0.25) is 0 Å². The van der Waals surface area contributed by atoms with Crippen molar-refractivity contribution in [3.8, 4) is 11.5 Å². The largest absolute Gasteiger partial charge is 0.493 e. The van der Waals surface area contributed by atoms with E-state index in [-0.39, 0.29) is 11.8 Å². The molecule has 10 heteroatoms. The first kappa shape index (κ1) is 24.1. The molecule has 0 aliphatic carbocycles. The summed E-state index contributed by atoms with van der Waals surface area (Å²) in [6.45, 7) is 4.34. The van der Waals surface area contributed by atoms with Gasteiger partial charge in [0.2, 0.25) is 0 Å². The quantitative estimate of drug-likeness (QED) is 0.524. The number of nitrogens with zero attached hydrogens (tertiary/aromatic N) is 4. The van der Waals surface area contributed by atoms with Crippen molar-refractivity contribution in [1.82, 2.24) is 20.4 Å². The number of anilines is 1. The molecule has 0 atom stereocenters. The van der Waals surface area contributed by atoms with Crippen LogP contribution in [0.5, 0.6) is 11.5 Å². The molecular weight excluding hydrogens is 450 g/mol. The number of ether oxygens (including phenoxy) is 2. The number of rotatable bonds is 8. The minimum atomic E-state index is -0.190. The van der Waals surface area contributed by atoms with Crippen molar-refractivity contribution >= 4 is 17.6 Å². The zero-order valence-corrected chi connectivity index (χ0v) is 20.1. The average Bonchev–Trinajstić information content (AvgIpc) is 3.34. The molecule has 0 radical (unpaired) electrons. The second-order valence-electron chi connectivity index (χ2n) is 8.17. The summed E-state index contributed by atoms with van der Waals surface area (Å²) in [6, 6.07) is 10.9. The van der Waals surface area contributed by atoms with Crippen LogP contribution in [0.15, 0.2) is 47.1 Å². The minimum Gasteiger partial charge on any atom is -0.493 e. The summed E-state index contributed by atoms with van der Waals surface area (Å²) in [5.41, 5.74) is 1.84. The van der Waals surface area contributed by atoms with Crippen molar-refractivity contribution in [3.63, 3.8) is 0 Å². The van der Waals surface area contributed by atoms with Gasteiger partial charge in [-0.15, -0.1) is 0 Å². The number of piperazine rings is 1. The highest BCUT2D eigenvalue weighted by molar-refractivity contribution is 5.99. The fraction of sp³-hybridized carbons (Fsp3) is 0.360. The van der Waals surface area contributed by atoms with Crippen molar-refractivity contribution in [2.45, 2.75) is 13.3 Å². The molecule has 1 fully saturated rings. The smallest absolute Gasteiger partial charge is 0.276 e. The van der Waals surface area contributed by atoms with Crippen LogP contribution < -0.4 is 19.7 Å². The Morgan fingerprint density at radius 2 is 1.83 bits per heavy atom. The summed E-state index contributed by atoms with van der Waals surface area (Å²) in [7, 11) is 3.19. The van der Waals surface area contributed by atoms with Crippen LogP contribution in [-0.4, -0.2) is 73.8 Å². The molecule has 1 aliphatic rings. The molecule has 1 N–H and O–H groups in total. The minimum absolute atomic E-state index is 0.157. The van der Waals surface area contributed by atoms with Gasteiger partial charge in [0.05, 0.1) is 19.8 Å². The van der Waals surface area contributed by atoms with Gasteiger partial charge in [0, 0.05) is 45.0 Å². The number of amides is 2. The molecule has 0 bridgehead atoms. The number of pyridine rings is 1. The summed E-state index contributed by atoms with van der Waals surface area (Å²) < 4.78 is 15.6. The molecule has 0 unspecified atom stereocenters. The highest BCUT2D eigenvalue weighted by atomic mass is 16.5. The van der Waals surface area contributed by atoms with E-state index in [1.165, 1.54) is 0 Å². The Hall–Kier alpha value is -4.08. The lowest BCUT2D eigenvalue weighted by molar-refractivity contribution is 0.0735. The highest BCUT2D eigenvalue weighted by Crippen LogP contribution is 2.27. The van der Waals surface area contributed by atoms with E-state index in [9.17, 15) is 9.59 Å². The van der Waals surface area contributed by atoms with E-state index < -0.39 is 0 Å². The zero-order chi connectivity index (χ0) is 24.8. The van der Waals surface area contributed by atoms with Crippen molar-refractivity contribution in [2.75, 3.05) is 51.8 Å². The maximum Gasteiger partial charge on any atom is 0.276 e. The normalized spacial score (nSPS) is 13.5. The third kappa shape index (κ3) is 5.53. The Morgan fingerprint density at radius 1 is 1.06 bits per heavy atom. The van der Waals surface area contributed by atoms with Crippen LogP contribution in [0.1, 0.15) is 32.2 Å². The maximum atomic E-state index is 13.0. The molecule has 10 nitrogen and oxygen atoms in total. The molecule has 4 rings (SSSR count). The van der Waals surface area contributed by atoms with Crippen LogP contribution in [-0.2, 0) is 6.42 Å². The molecule has 184 valence electrons. The molecular formula is C25H29N5O5. The topological polar surface area (TPSA) is 110 Å². The number of benzene rings is 1. The summed E-state index contributed by atoms with van der Waals surface area (Å²) in [5.74, 6) is 2.18. The number of hydrogen-bond donors (Lipinski definition) is 1. The molecule has 0 saturated carbocycles. The van der Waals surface area contributed by atoms with Crippen LogP contribution >= 0.6 is 0 Å². The predicted molar refractivity (Wildman–Crippen MR) is 129 cm³/mol. The lowest BCUT2D eigenvalue weighted by atomic mass is 10.1. The lowest BCUT2D eigenvalue weighted by Crippen LogP contribution is -2.49. The van der Waals surface area contributed by atoms with E-state index in [2.05, 4.69) is 15.5 Å². The highest BCUT2D eigenvalue weighted by Gasteiger charge is 2.27. The first-order valence-corrected chi connectivity index (χ1v) is 11.4. The van der Waals surface area contributed by atoms with Crippen LogP contribution in [0.4, 0.5) is 5.82 Å². The fourth-order valence-corrected chi connectivity index (χ4v) is 4.03. The second-order valence-corrected chi connectivity index (χ2v) is 8.17. The first-order chi connectivity index (χ1) is 17.0. The third-order valence-corrected chi connectivity index (χ3v) is 5.89. The third-order valence-electron chi connectivity index (χ3n) is 5.89. The van der Waals surface area contributed by atoms with Gasteiger partial charge in [-0.25, -0.2) is 4.98 Å². The molecule has 3 aromatic rings. The lowest BCUT2D eigenvalue weighted by Gasteiger charge is -2.35. The van der Waals surface area contributed by atoms with E-state index in [1.807, 2.05) is 23.1 Å². The summed E-state index contributed by atoms with van der Waals surface area (Å²) in [6.07, 6.45) is 2.31. The van der Waals surface area contributed by atoms with Gasteiger partial charge in [0.25, 0.3) is 11.8 Å². The van der Waals surface area contributed by atoms with Crippen molar-refractivity contribution in [1.29, 1.82) is 0 Å².